The molecule has 0 aliphatic carbocycles. The van der Waals surface area contributed by atoms with Gasteiger partial charge in [-0.15, -0.1) is 0 Å². The molecule has 0 spiro atoms. The number of aromatic nitrogens is 2. The Labute approximate surface area is 129 Å². The van der Waals surface area contributed by atoms with Crippen LogP contribution in [0.5, 0.6) is 0 Å². The lowest BCUT2D eigenvalue weighted by molar-refractivity contribution is -0.132. The van der Waals surface area contributed by atoms with Crippen molar-refractivity contribution in [2.45, 2.75) is 38.3 Å². The predicted molar refractivity (Wildman–Crippen MR) is 81.8 cm³/mol. The van der Waals surface area contributed by atoms with Crippen molar-refractivity contribution in [3.05, 3.63) is 22.7 Å². The Morgan fingerprint density at radius 2 is 2.36 bits per heavy atom. The molecular formula is C15H22N4O3. The minimum Gasteiger partial charge on any atom is -0.368 e. The lowest BCUT2D eigenvalue weighted by atomic mass is 10.0. The Kier molecular flexibility index (Phi) is 4.42. The van der Waals surface area contributed by atoms with Gasteiger partial charge in [-0.3, -0.25) is 9.59 Å². The number of amides is 1. The number of nitrogens with zero attached hydrogens (tertiary/aromatic N) is 2. The molecule has 2 aliphatic heterocycles. The Balaban J connectivity index is 1.62. The standard InChI is InChI=1S/C15H22N4O3/c1-10-4-8-22-12(10)14(20)18-11-3-2-7-19(9-11)13-15(21)17-6-5-16-13/h5-6,10-12H,2-4,7-9H2,1H3,(H,17,21)(H,18,20)/t10-,11+,12-/m1/s1. The van der Waals surface area contributed by atoms with E-state index in [1.807, 2.05) is 11.8 Å². The fraction of sp³-hybridized carbons (Fsp3) is 0.667. The molecule has 2 aliphatic rings. The van der Waals surface area contributed by atoms with E-state index in [2.05, 4.69) is 15.3 Å². The summed E-state index contributed by atoms with van der Waals surface area (Å²) in [6, 6.07) is 0.0269. The molecule has 0 bridgehead atoms. The van der Waals surface area contributed by atoms with Crippen molar-refractivity contribution in [1.29, 1.82) is 0 Å². The zero-order valence-electron chi connectivity index (χ0n) is 12.7. The monoisotopic (exact) mass is 306 g/mol. The number of carbonyl (C=O) groups is 1. The van der Waals surface area contributed by atoms with Crippen LogP contribution in [0, 0.1) is 5.92 Å². The van der Waals surface area contributed by atoms with E-state index in [4.69, 9.17) is 4.74 Å². The minimum atomic E-state index is -0.339. The van der Waals surface area contributed by atoms with Gasteiger partial charge in [-0.25, -0.2) is 4.98 Å². The van der Waals surface area contributed by atoms with Gasteiger partial charge in [0.25, 0.3) is 5.56 Å². The smallest absolute Gasteiger partial charge is 0.290 e. The number of aromatic amines is 1. The average Bonchev–Trinajstić information content (AvgIpc) is 2.94. The lowest BCUT2D eigenvalue weighted by Crippen LogP contribution is -2.51. The van der Waals surface area contributed by atoms with Crippen molar-refractivity contribution in [3.63, 3.8) is 0 Å². The summed E-state index contributed by atoms with van der Waals surface area (Å²) in [6.07, 6.45) is 5.52. The highest BCUT2D eigenvalue weighted by Crippen LogP contribution is 2.21. The van der Waals surface area contributed by atoms with Crippen molar-refractivity contribution < 1.29 is 9.53 Å². The molecule has 3 heterocycles. The maximum atomic E-state index is 12.3. The molecule has 1 amide bonds. The molecule has 22 heavy (non-hydrogen) atoms. The molecule has 0 aromatic carbocycles. The van der Waals surface area contributed by atoms with E-state index >= 15 is 0 Å². The molecule has 0 radical (unpaired) electrons. The van der Waals surface area contributed by atoms with E-state index in [-0.39, 0.29) is 29.5 Å². The van der Waals surface area contributed by atoms with Crippen molar-refractivity contribution in [3.8, 4) is 0 Å². The van der Waals surface area contributed by atoms with Crippen LogP contribution in [-0.4, -0.2) is 47.7 Å². The van der Waals surface area contributed by atoms with E-state index in [9.17, 15) is 9.59 Å². The van der Waals surface area contributed by atoms with E-state index in [0.717, 1.165) is 25.8 Å². The van der Waals surface area contributed by atoms with Gasteiger partial charge in [-0.2, -0.15) is 0 Å². The number of rotatable bonds is 3. The molecule has 0 saturated carbocycles. The number of nitrogens with one attached hydrogen (secondary N) is 2. The maximum absolute atomic E-state index is 12.3. The summed E-state index contributed by atoms with van der Waals surface area (Å²) in [4.78, 5) is 32.9. The van der Waals surface area contributed by atoms with Gasteiger partial charge < -0.3 is 19.9 Å². The largest absolute Gasteiger partial charge is 0.368 e. The maximum Gasteiger partial charge on any atom is 0.290 e. The molecule has 2 N–H and O–H groups in total. The van der Waals surface area contributed by atoms with E-state index in [1.54, 1.807) is 6.20 Å². The summed E-state index contributed by atoms with van der Waals surface area (Å²) in [5.41, 5.74) is -0.192. The molecule has 1 aromatic rings. The second-order valence-corrected chi connectivity index (χ2v) is 6.09. The summed E-state index contributed by atoms with van der Waals surface area (Å²) in [5, 5.41) is 3.06. The Bertz CT molecular complexity index is 588. The molecule has 0 unspecified atom stereocenters. The van der Waals surface area contributed by atoms with Crippen molar-refractivity contribution in [2.75, 3.05) is 24.6 Å². The number of hydrogen-bond acceptors (Lipinski definition) is 5. The van der Waals surface area contributed by atoms with Gasteiger partial charge in [0.1, 0.15) is 6.10 Å². The van der Waals surface area contributed by atoms with Crippen molar-refractivity contribution in [1.82, 2.24) is 15.3 Å². The van der Waals surface area contributed by atoms with Gasteiger partial charge in [-0.05, 0) is 25.2 Å². The molecule has 1 aromatic heterocycles. The van der Waals surface area contributed by atoms with Crippen LogP contribution in [0.15, 0.2) is 17.2 Å². The highest BCUT2D eigenvalue weighted by Gasteiger charge is 2.33. The second kappa shape index (κ2) is 6.48. The third-order valence-electron chi connectivity index (χ3n) is 4.40. The summed E-state index contributed by atoms with van der Waals surface area (Å²) in [5.74, 6) is 0.650. The minimum absolute atomic E-state index is 0.0269. The van der Waals surface area contributed by atoms with Crippen LogP contribution >= 0.6 is 0 Å². The Hall–Kier alpha value is -1.89. The van der Waals surface area contributed by atoms with Crippen LogP contribution < -0.4 is 15.8 Å². The fourth-order valence-electron chi connectivity index (χ4n) is 3.17. The zero-order valence-corrected chi connectivity index (χ0v) is 12.7. The first-order chi connectivity index (χ1) is 10.6. The molecule has 3 rings (SSSR count). The molecule has 7 heteroatoms. The number of ether oxygens (including phenoxy) is 1. The molecule has 7 nitrogen and oxygen atoms in total. The first-order valence-corrected chi connectivity index (χ1v) is 7.86. The SMILES string of the molecule is C[C@@H]1CCO[C@H]1C(=O)N[C@H]1CCCN(c2ncc[nH]c2=O)C1. The van der Waals surface area contributed by atoms with Crippen molar-refractivity contribution >= 4 is 11.7 Å². The van der Waals surface area contributed by atoms with Gasteiger partial charge in [0.05, 0.1) is 0 Å². The zero-order chi connectivity index (χ0) is 15.5. The number of anilines is 1. The molecule has 2 saturated heterocycles. The van der Waals surface area contributed by atoms with Crippen LogP contribution in [0.4, 0.5) is 5.82 Å². The topological polar surface area (TPSA) is 87.3 Å². The molecule has 120 valence electrons. The molecule has 2 fully saturated rings. The third kappa shape index (κ3) is 3.14. The van der Waals surface area contributed by atoms with Gasteiger partial charge in [-0.1, -0.05) is 6.92 Å². The first kappa shape index (κ1) is 15.0. The number of carbonyl (C=O) groups excluding carboxylic acids is 1. The van der Waals surface area contributed by atoms with Gasteiger partial charge in [0.2, 0.25) is 5.91 Å². The normalized spacial score (nSPS) is 28.6. The second-order valence-electron chi connectivity index (χ2n) is 6.09. The number of piperidine rings is 1. The Morgan fingerprint density at radius 1 is 1.50 bits per heavy atom. The molecule has 3 atom stereocenters. The summed E-state index contributed by atoms with van der Waals surface area (Å²) in [6.45, 7) is 4.08. The van der Waals surface area contributed by atoms with E-state index in [1.165, 1.54) is 6.20 Å². The van der Waals surface area contributed by atoms with E-state index in [0.29, 0.717) is 19.0 Å². The summed E-state index contributed by atoms with van der Waals surface area (Å²) < 4.78 is 5.51. The quantitative estimate of drug-likeness (QED) is 0.837. The highest BCUT2D eigenvalue weighted by atomic mass is 16.5. The fourth-order valence-corrected chi connectivity index (χ4v) is 3.17. The number of H-pyrrole nitrogens is 1. The van der Waals surface area contributed by atoms with Crippen LogP contribution in [0.3, 0.4) is 0 Å². The average molecular weight is 306 g/mol. The summed E-state index contributed by atoms with van der Waals surface area (Å²) in [7, 11) is 0. The summed E-state index contributed by atoms with van der Waals surface area (Å²) >= 11 is 0. The van der Waals surface area contributed by atoms with Crippen LogP contribution in [0.1, 0.15) is 26.2 Å². The van der Waals surface area contributed by atoms with Crippen LogP contribution in [0.2, 0.25) is 0 Å². The van der Waals surface area contributed by atoms with Gasteiger partial charge in [0, 0.05) is 38.1 Å². The van der Waals surface area contributed by atoms with Gasteiger partial charge in [0.15, 0.2) is 5.82 Å². The highest BCUT2D eigenvalue weighted by molar-refractivity contribution is 5.81. The van der Waals surface area contributed by atoms with Crippen LogP contribution in [-0.2, 0) is 9.53 Å². The third-order valence-corrected chi connectivity index (χ3v) is 4.40. The van der Waals surface area contributed by atoms with Crippen molar-refractivity contribution in [2.24, 2.45) is 5.92 Å². The van der Waals surface area contributed by atoms with Crippen LogP contribution in [0.25, 0.3) is 0 Å². The lowest BCUT2D eigenvalue weighted by Gasteiger charge is -2.34. The molecular weight excluding hydrogens is 284 g/mol. The number of hydrogen-bond donors (Lipinski definition) is 2. The van der Waals surface area contributed by atoms with E-state index < -0.39 is 0 Å². The van der Waals surface area contributed by atoms with Gasteiger partial charge >= 0.3 is 0 Å². The predicted octanol–water partition coefficient (Wildman–Crippen LogP) is 0.280. The Morgan fingerprint density at radius 3 is 3.09 bits per heavy atom. The first-order valence-electron chi connectivity index (χ1n) is 7.86.